The van der Waals surface area contributed by atoms with Crippen molar-refractivity contribution in [3.63, 3.8) is 0 Å². The first-order chi connectivity index (χ1) is 9.45. The summed E-state index contributed by atoms with van der Waals surface area (Å²) < 4.78 is 14.9. The Morgan fingerprint density at radius 2 is 2.05 bits per heavy atom. The van der Waals surface area contributed by atoms with Crippen molar-refractivity contribution >= 4 is 17.6 Å². The Morgan fingerprint density at radius 1 is 1.30 bits per heavy atom. The molecule has 0 unspecified atom stereocenters. The summed E-state index contributed by atoms with van der Waals surface area (Å²) in [5.74, 6) is -0.839. The fourth-order valence-electron chi connectivity index (χ4n) is 1.61. The number of halogens is 1. The highest BCUT2D eigenvalue weighted by molar-refractivity contribution is 5.94. The number of rotatable bonds is 2. The molecule has 20 heavy (non-hydrogen) atoms. The van der Waals surface area contributed by atoms with Crippen LogP contribution in [0, 0.1) is 12.7 Å². The fourth-order valence-corrected chi connectivity index (χ4v) is 1.61. The number of nitrogens with two attached hydrogens (primary N) is 3. The van der Waals surface area contributed by atoms with E-state index < -0.39 is 5.82 Å². The van der Waals surface area contributed by atoms with Crippen molar-refractivity contribution in [2.45, 2.75) is 6.92 Å². The van der Waals surface area contributed by atoms with Gasteiger partial charge in [-0.15, -0.1) is 0 Å². The third-order valence-corrected chi connectivity index (χ3v) is 2.37. The van der Waals surface area contributed by atoms with Gasteiger partial charge in [0.1, 0.15) is 5.82 Å². The maximum absolute atomic E-state index is 13.4. The first-order valence-corrected chi connectivity index (χ1v) is 5.70. The van der Waals surface area contributed by atoms with Crippen LogP contribution in [0.2, 0.25) is 0 Å². The molecule has 1 aromatic carbocycles. The summed E-state index contributed by atoms with van der Waals surface area (Å²) in [6.07, 6.45) is 3.46. The van der Waals surface area contributed by atoms with Crippen molar-refractivity contribution in [3.05, 3.63) is 42.0 Å². The van der Waals surface area contributed by atoms with Gasteiger partial charge in [0.15, 0.2) is 5.96 Å². The van der Waals surface area contributed by atoms with Gasteiger partial charge in [0.2, 0.25) is 5.96 Å². The number of aryl methyl sites for hydroxylation is 1. The van der Waals surface area contributed by atoms with Crippen LogP contribution >= 0.6 is 0 Å². The Balaban J connectivity index is 2.52. The first-order valence-electron chi connectivity index (χ1n) is 5.70. The quantitative estimate of drug-likeness (QED) is 0.547. The SMILES string of the molecule is Cc1cnn(-c2ccc(F)cc2N=C(N)N=C(N)N)c1. The molecule has 0 bridgehead atoms. The summed E-state index contributed by atoms with van der Waals surface area (Å²) in [6, 6.07) is 4.08. The molecule has 0 atom stereocenters. The minimum absolute atomic E-state index is 0.166. The van der Waals surface area contributed by atoms with E-state index in [9.17, 15) is 4.39 Å². The number of nitrogens with zero attached hydrogens (tertiary/aromatic N) is 4. The third kappa shape index (κ3) is 3.10. The van der Waals surface area contributed by atoms with Crippen LogP contribution in [0.15, 0.2) is 40.6 Å². The summed E-state index contributed by atoms with van der Waals surface area (Å²) in [4.78, 5) is 7.58. The number of guanidine groups is 2. The normalized spacial score (nSPS) is 11.4. The second-order valence-corrected chi connectivity index (χ2v) is 4.10. The number of hydrogen-bond donors (Lipinski definition) is 3. The smallest absolute Gasteiger partial charge is 0.223 e. The zero-order chi connectivity index (χ0) is 14.7. The van der Waals surface area contributed by atoms with Gasteiger partial charge in [-0.1, -0.05) is 0 Å². The summed E-state index contributed by atoms with van der Waals surface area (Å²) in [5.41, 5.74) is 17.8. The van der Waals surface area contributed by atoms with Gasteiger partial charge in [-0.05, 0) is 24.6 Å². The van der Waals surface area contributed by atoms with Crippen LogP contribution in [0.3, 0.4) is 0 Å². The van der Waals surface area contributed by atoms with Crippen LogP contribution in [-0.4, -0.2) is 21.7 Å². The second kappa shape index (κ2) is 5.39. The fraction of sp³-hybridized carbons (Fsp3) is 0.0833. The lowest BCUT2D eigenvalue weighted by atomic mass is 10.2. The van der Waals surface area contributed by atoms with Crippen molar-refractivity contribution in [3.8, 4) is 5.69 Å². The van der Waals surface area contributed by atoms with Gasteiger partial charge >= 0.3 is 0 Å². The average molecular weight is 275 g/mol. The van der Waals surface area contributed by atoms with Crippen molar-refractivity contribution in [1.29, 1.82) is 0 Å². The van der Waals surface area contributed by atoms with Crippen molar-refractivity contribution < 1.29 is 4.39 Å². The number of aliphatic imine (C=N–C) groups is 2. The molecule has 0 saturated heterocycles. The van der Waals surface area contributed by atoms with E-state index in [1.54, 1.807) is 23.1 Å². The molecule has 0 spiro atoms. The van der Waals surface area contributed by atoms with E-state index in [1.807, 2.05) is 6.92 Å². The summed E-state index contributed by atoms with van der Waals surface area (Å²) >= 11 is 0. The number of aromatic nitrogens is 2. The van der Waals surface area contributed by atoms with Gasteiger partial charge in [0.25, 0.3) is 0 Å². The Labute approximate surface area is 114 Å². The second-order valence-electron chi connectivity index (χ2n) is 4.10. The van der Waals surface area contributed by atoms with Crippen LogP contribution in [0.25, 0.3) is 5.69 Å². The van der Waals surface area contributed by atoms with E-state index in [0.29, 0.717) is 5.69 Å². The van der Waals surface area contributed by atoms with Crippen molar-refractivity contribution in [1.82, 2.24) is 9.78 Å². The van der Waals surface area contributed by atoms with Gasteiger partial charge in [-0.2, -0.15) is 10.1 Å². The highest BCUT2D eigenvalue weighted by Crippen LogP contribution is 2.24. The molecule has 0 radical (unpaired) electrons. The first kappa shape index (κ1) is 13.5. The van der Waals surface area contributed by atoms with Gasteiger partial charge in [0, 0.05) is 12.3 Å². The summed E-state index contributed by atoms with van der Waals surface area (Å²) in [7, 11) is 0. The molecule has 104 valence electrons. The lowest BCUT2D eigenvalue weighted by Gasteiger charge is -2.06. The Bertz CT molecular complexity index is 683. The largest absolute Gasteiger partial charge is 0.370 e. The molecule has 0 aliphatic heterocycles. The zero-order valence-corrected chi connectivity index (χ0v) is 10.8. The minimum Gasteiger partial charge on any atom is -0.370 e. The predicted octanol–water partition coefficient (Wildman–Crippen LogP) is 0.539. The molecule has 0 amide bonds. The Morgan fingerprint density at radius 3 is 2.65 bits per heavy atom. The van der Waals surface area contributed by atoms with Crippen LogP contribution in [0.4, 0.5) is 10.1 Å². The Kier molecular flexibility index (Phi) is 3.65. The van der Waals surface area contributed by atoms with Gasteiger partial charge in [-0.25, -0.2) is 14.1 Å². The highest BCUT2D eigenvalue weighted by Gasteiger charge is 2.07. The molecule has 2 aromatic rings. The van der Waals surface area contributed by atoms with E-state index in [4.69, 9.17) is 17.2 Å². The van der Waals surface area contributed by atoms with Crippen LogP contribution in [0.5, 0.6) is 0 Å². The summed E-state index contributed by atoms with van der Waals surface area (Å²) in [6.45, 7) is 1.89. The Hall–Kier alpha value is -2.90. The molecule has 0 aliphatic rings. The molecular formula is C12H14FN7. The van der Waals surface area contributed by atoms with Crippen LogP contribution in [0.1, 0.15) is 5.56 Å². The van der Waals surface area contributed by atoms with Gasteiger partial charge in [-0.3, -0.25) is 0 Å². The lowest BCUT2D eigenvalue weighted by Crippen LogP contribution is -2.26. The molecular weight excluding hydrogens is 261 g/mol. The maximum Gasteiger partial charge on any atom is 0.223 e. The van der Waals surface area contributed by atoms with Crippen LogP contribution in [-0.2, 0) is 0 Å². The van der Waals surface area contributed by atoms with Gasteiger partial charge < -0.3 is 17.2 Å². The molecule has 1 heterocycles. The molecule has 0 saturated carbocycles. The third-order valence-electron chi connectivity index (χ3n) is 2.37. The van der Waals surface area contributed by atoms with E-state index >= 15 is 0 Å². The lowest BCUT2D eigenvalue weighted by molar-refractivity contribution is 0.627. The molecule has 1 aromatic heterocycles. The van der Waals surface area contributed by atoms with E-state index in [1.165, 1.54) is 12.1 Å². The minimum atomic E-state index is -0.450. The zero-order valence-electron chi connectivity index (χ0n) is 10.8. The van der Waals surface area contributed by atoms with E-state index in [2.05, 4.69) is 15.1 Å². The van der Waals surface area contributed by atoms with E-state index in [0.717, 1.165) is 5.56 Å². The molecule has 6 N–H and O–H groups in total. The molecule has 0 aliphatic carbocycles. The van der Waals surface area contributed by atoms with Crippen LogP contribution < -0.4 is 17.2 Å². The monoisotopic (exact) mass is 275 g/mol. The maximum atomic E-state index is 13.4. The number of benzene rings is 1. The predicted molar refractivity (Wildman–Crippen MR) is 75.4 cm³/mol. The average Bonchev–Trinajstić information content (AvgIpc) is 2.74. The number of hydrogen-bond acceptors (Lipinski definition) is 2. The molecule has 0 fully saturated rings. The molecule has 7 nitrogen and oxygen atoms in total. The topological polar surface area (TPSA) is 121 Å². The van der Waals surface area contributed by atoms with Crippen molar-refractivity contribution in [2.75, 3.05) is 0 Å². The standard InChI is InChI=1S/C12H14FN7/c1-7-5-17-20(6-7)10-3-2-8(13)4-9(10)18-12(16)19-11(14)15/h2-6H,1H3,(H6,14,15,16,18,19). The molecule has 2 rings (SSSR count). The van der Waals surface area contributed by atoms with E-state index in [-0.39, 0.29) is 17.6 Å². The van der Waals surface area contributed by atoms with Gasteiger partial charge in [0.05, 0.1) is 17.6 Å². The highest BCUT2D eigenvalue weighted by atomic mass is 19.1. The van der Waals surface area contributed by atoms with Crippen molar-refractivity contribution in [2.24, 2.45) is 27.2 Å². The molecule has 8 heteroatoms. The summed E-state index contributed by atoms with van der Waals surface area (Å²) in [5, 5.41) is 4.14.